The number of hydrogen-bond acceptors (Lipinski definition) is 5. The highest BCUT2D eigenvalue weighted by Crippen LogP contribution is 2.32. The Morgan fingerprint density at radius 3 is 2.65 bits per heavy atom. The first-order valence-corrected chi connectivity index (χ1v) is 9.93. The van der Waals surface area contributed by atoms with Gasteiger partial charge in [0.1, 0.15) is 11.0 Å². The molecule has 1 atom stereocenters. The van der Waals surface area contributed by atoms with E-state index >= 15 is 0 Å². The van der Waals surface area contributed by atoms with Gasteiger partial charge in [-0.1, -0.05) is 23.7 Å². The minimum atomic E-state index is -0.260. The van der Waals surface area contributed by atoms with Gasteiger partial charge in [0.05, 0.1) is 12.2 Å². The number of nitrogen functional groups attached to an aromatic ring is 1. The second kappa shape index (κ2) is 7.48. The van der Waals surface area contributed by atoms with Crippen molar-refractivity contribution in [2.75, 3.05) is 5.73 Å². The Balaban J connectivity index is 1.49. The van der Waals surface area contributed by atoms with Gasteiger partial charge in [0.25, 0.3) is 0 Å². The topological polar surface area (TPSA) is 86.9 Å². The van der Waals surface area contributed by atoms with E-state index in [1.807, 2.05) is 36.0 Å². The molecule has 5 aromatic rings. The van der Waals surface area contributed by atoms with E-state index in [9.17, 15) is 4.39 Å². The van der Waals surface area contributed by atoms with Crippen molar-refractivity contribution in [3.8, 4) is 22.3 Å². The highest BCUT2D eigenvalue weighted by molar-refractivity contribution is 6.32. The maximum atomic E-state index is 13.2. The van der Waals surface area contributed by atoms with E-state index in [0.717, 1.165) is 27.8 Å². The van der Waals surface area contributed by atoms with Crippen molar-refractivity contribution < 1.29 is 4.39 Å². The van der Waals surface area contributed by atoms with Crippen LogP contribution in [0.15, 0.2) is 67.3 Å². The molecule has 0 fully saturated rings. The standard InChI is InChI=1S/C22H17ClFN7/c1-13(14-2-4-18(24)5-3-14)31-12-17(11-27-31)16-8-19(21(23)26-10-16)15-6-7-30-20(9-15)28-22(25)29-30/h2-13H,1H3,(H2,25,29). The van der Waals surface area contributed by atoms with Crippen LogP contribution < -0.4 is 5.73 Å². The molecule has 154 valence electrons. The summed E-state index contributed by atoms with van der Waals surface area (Å²) < 4.78 is 16.7. The molecule has 0 aliphatic carbocycles. The number of anilines is 1. The van der Waals surface area contributed by atoms with Crippen LogP contribution >= 0.6 is 11.6 Å². The molecular weight excluding hydrogens is 417 g/mol. The summed E-state index contributed by atoms with van der Waals surface area (Å²) in [6.45, 7) is 2.01. The maximum Gasteiger partial charge on any atom is 0.240 e. The summed E-state index contributed by atoms with van der Waals surface area (Å²) in [7, 11) is 0. The Bertz CT molecular complexity index is 1390. The van der Waals surface area contributed by atoms with Gasteiger partial charge in [-0.15, -0.1) is 5.10 Å². The fourth-order valence-electron chi connectivity index (χ4n) is 3.47. The van der Waals surface area contributed by atoms with E-state index in [0.29, 0.717) is 10.8 Å². The van der Waals surface area contributed by atoms with Crippen LogP contribution in [0.5, 0.6) is 0 Å². The average molecular weight is 434 g/mol. The number of halogens is 2. The predicted octanol–water partition coefficient (Wildman–Crippen LogP) is 4.64. The van der Waals surface area contributed by atoms with E-state index in [1.165, 1.54) is 12.1 Å². The molecule has 0 radical (unpaired) electrons. The zero-order chi connectivity index (χ0) is 21.5. The lowest BCUT2D eigenvalue weighted by atomic mass is 10.0. The van der Waals surface area contributed by atoms with Crippen LogP contribution in [0.3, 0.4) is 0 Å². The summed E-state index contributed by atoms with van der Waals surface area (Å²) in [4.78, 5) is 8.55. The smallest absolute Gasteiger partial charge is 0.240 e. The third-order valence-electron chi connectivity index (χ3n) is 5.19. The number of hydrogen-bond donors (Lipinski definition) is 1. The van der Waals surface area contributed by atoms with Crippen molar-refractivity contribution in [2.24, 2.45) is 0 Å². The van der Waals surface area contributed by atoms with Crippen molar-refractivity contribution >= 4 is 23.2 Å². The van der Waals surface area contributed by atoms with Gasteiger partial charge in [0.2, 0.25) is 5.95 Å². The predicted molar refractivity (Wildman–Crippen MR) is 117 cm³/mol. The molecule has 2 N–H and O–H groups in total. The van der Waals surface area contributed by atoms with Crippen LogP contribution in [0.1, 0.15) is 18.5 Å². The van der Waals surface area contributed by atoms with Crippen LogP contribution in [-0.2, 0) is 0 Å². The van der Waals surface area contributed by atoms with Crippen molar-refractivity contribution in [3.05, 3.63) is 83.8 Å². The third kappa shape index (κ3) is 3.62. The zero-order valence-corrected chi connectivity index (χ0v) is 17.2. The minimum absolute atomic E-state index is 0.0464. The van der Waals surface area contributed by atoms with E-state index < -0.39 is 0 Å². The largest absolute Gasteiger partial charge is 0.366 e. The Kier molecular flexibility index (Phi) is 4.63. The van der Waals surface area contributed by atoms with Crippen LogP contribution in [0.4, 0.5) is 10.3 Å². The lowest BCUT2D eigenvalue weighted by molar-refractivity contribution is 0.561. The third-order valence-corrected chi connectivity index (χ3v) is 5.49. The van der Waals surface area contributed by atoms with Crippen LogP contribution in [-0.4, -0.2) is 29.4 Å². The number of benzene rings is 1. The maximum absolute atomic E-state index is 13.2. The highest BCUT2D eigenvalue weighted by atomic mass is 35.5. The Hall–Kier alpha value is -3.78. The van der Waals surface area contributed by atoms with Crippen LogP contribution in [0.2, 0.25) is 5.15 Å². The SMILES string of the molecule is CC(c1ccc(F)cc1)n1cc(-c2cnc(Cl)c(-c3ccn4nc(N)nc4c3)c2)cn1. The van der Waals surface area contributed by atoms with Gasteiger partial charge in [-0.2, -0.15) is 10.1 Å². The molecule has 0 saturated carbocycles. The van der Waals surface area contributed by atoms with Gasteiger partial charge < -0.3 is 5.73 Å². The Labute approximate surface area is 181 Å². The number of nitrogens with two attached hydrogens (primary N) is 1. The van der Waals surface area contributed by atoms with Gasteiger partial charge in [0.15, 0.2) is 5.65 Å². The number of rotatable bonds is 4. The lowest BCUT2D eigenvalue weighted by Gasteiger charge is -2.12. The molecule has 0 bridgehead atoms. The molecule has 1 aromatic carbocycles. The summed E-state index contributed by atoms with van der Waals surface area (Å²) in [5, 5.41) is 8.96. The first kappa shape index (κ1) is 19.2. The molecule has 1 unspecified atom stereocenters. The van der Waals surface area contributed by atoms with E-state index in [2.05, 4.69) is 20.2 Å². The summed E-state index contributed by atoms with van der Waals surface area (Å²) in [6.07, 6.45) is 7.20. The first-order valence-electron chi connectivity index (χ1n) is 9.56. The number of aromatic nitrogens is 6. The molecule has 4 heterocycles. The lowest BCUT2D eigenvalue weighted by Crippen LogP contribution is -2.06. The molecular formula is C22H17ClFN7. The van der Waals surface area contributed by atoms with Gasteiger partial charge in [-0.05, 0) is 48.4 Å². The fourth-order valence-corrected chi connectivity index (χ4v) is 3.68. The monoisotopic (exact) mass is 433 g/mol. The fraction of sp³-hybridized carbons (Fsp3) is 0.0909. The van der Waals surface area contributed by atoms with E-state index in [1.54, 1.807) is 35.2 Å². The summed E-state index contributed by atoms with van der Waals surface area (Å²) in [5.41, 5.74) is 10.7. The summed E-state index contributed by atoms with van der Waals surface area (Å²) in [5.74, 6) is -0.0540. The zero-order valence-electron chi connectivity index (χ0n) is 16.4. The normalized spacial score (nSPS) is 12.4. The molecule has 31 heavy (non-hydrogen) atoms. The highest BCUT2D eigenvalue weighted by Gasteiger charge is 2.13. The van der Waals surface area contributed by atoms with Gasteiger partial charge in [-0.25, -0.2) is 13.9 Å². The molecule has 0 spiro atoms. The second-order valence-electron chi connectivity index (χ2n) is 7.19. The van der Waals surface area contributed by atoms with Crippen molar-refractivity contribution in [1.29, 1.82) is 0 Å². The molecule has 4 aromatic heterocycles. The van der Waals surface area contributed by atoms with E-state index in [-0.39, 0.29) is 17.8 Å². The molecule has 0 aliphatic heterocycles. The average Bonchev–Trinajstić information content (AvgIpc) is 3.40. The number of pyridine rings is 2. The molecule has 9 heteroatoms. The van der Waals surface area contributed by atoms with Crippen molar-refractivity contribution in [1.82, 2.24) is 29.4 Å². The number of nitrogens with zero attached hydrogens (tertiary/aromatic N) is 6. The van der Waals surface area contributed by atoms with E-state index in [4.69, 9.17) is 17.3 Å². The van der Waals surface area contributed by atoms with Crippen LogP contribution in [0, 0.1) is 5.82 Å². The number of fused-ring (bicyclic) bond motifs is 1. The van der Waals surface area contributed by atoms with Crippen molar-refractivity contribution in [3.63, 3.8) is 0 Å². The molecule has 0 amide bonds. The van der Waals surface area contributed by atoms with Crippen LogP contribution in [0.25, 0.3) is 27.9 Å². The van der Waals surface area contributed by atoms with Gasteiger partial charge in [0, 0.05) is 35.3 Å². The van der Waals surface area contributed by atoms with Crippen molar-refractivity contribution in [2.45, 2.75) is 13.0 Å². The molecule has 0 saturated heterocycles. The van der Waals surface area contributed by atoms with Gasteiger partial charge in [-0.3, -0.25) is 4.68 Å². The summed E-state index contributed by atoms with van der Waals surface area (Å²) in [6, 6.07) is 12.1. The quantitative estimate of drug-likeness (QED) is 0.417. The molecule has 7 nitrogen and oxygen atoms in total. The second-order valence-corrected chi connectivity index (χ2v) is 7.55. The summed E-state index contributed by atoms with van der Waals surface area (Å²) >= 11 is 6.39. The minimum Gasteiger partial charge on any atom is -0.366 e. The molecule has 5 rings (SSSR count). The molecule has 0 aliphatic rings. The first-order chi connectivity index (χ1) is 15.0. The Morgan fingerprint density at radius 1 is 1.03 bits per heavy atom. The van der Waals surface area contributed by atoms with Gasteiger partial charge >= 0.3 is 0 Å². The Morgan fingerprint density at radius 2 is 1.84 bits per heavy atom.